The van der Waals surface area contributed by atoms with Crippen LogP contribution in [0.25, 0.3) is 22.2 Å². The highest BCUT2D eigenvalue weighted by Crippen LogP contribution is 2.34. The van der Waals surface area contributed by atoms with Gasteiger partial charge in [0.1, 0.15) is 41.1 Å². The second kappa shape index (κ2) is 14.2. The smallest absolute Gasteiger partial charge is 0.196 e. The Balaban J connectivity index is 1.15. The fraction of sp³-hybridized carbons (Fsp3) is 0.152. The van der Waals surface area contributed by atoms with Crippen molar-refractivity contribution >= 4 is 59.5 Å². The number of halogens is 3. The maximum Gasteiger partial charge on any atom is 0.196 e. The zero-order valence-corrected chi connectivity index (χ0v) is 28.1. The molecule has 0 aliphatic rings. The zero-order chi connectivity index (χ0) is 33.0. The summed E-state index contributed by atoms with van der Waals surface area (Å²) in [6.45, 7) is 0.877. The number of aromatic nitrogens is 4. The number of benzene rings is 3. The van der Waals surface area contributed by atoms with Crippen molar-refractivity contribution in [2.75, 3.05) is 24.7 Å². The predicted octanol–water partition coefficient (Wildman–Crippen LogP) is 7.42. The molecule has 0 radical (unpaired) electrons. The van der Waals surface area contributed by atoms with Crippen molar-refractivity contribution < 1.29 is 21.9 Å². The van der Waals surface area contributed by atoms with Gasteiger partial charge in [0.15, 0.2) is 14.9 Å². The van der Waals surface area contributed by atoms with Crippen molar-refractivity contribution in [3.05, 3.63) is 117 Å². The highest BCUT2D eigenvalue weighted by atomic mass is 79.9. The second-order valence-corrected chi connectivity index (χ2v) is 14.5. The van der Waals surface area contributed by atoms with Gasteiger partial charge in [-0.2, -0.15) is 0 Å². The van der Waals surface area contributed by atoms with Gasteiger partial charge in [-0.3, -0.25) is 4.90 Å². The van der Waals surface area contributed by atoms with E-state index in [2.05, 4.69) is 41.2 Å². The normalized spacial score (nSPS) is 11.7. The van der Waals surface area contributed by atoms with Crippen LogP contribution in [-0.2, 0) is 23.0 Å². The highest BCUT2D eigenvalue weighted by Gasteiger charge is 2.18. The molecule has 0 unspecified atom stereocenters. The van der Waals surface area contributed by atoms with Crippen LogP contribution in [0.15, 0.2) is 100 Å². The molecule has 0 saturated carbocycles. The van der Waals surface area contributed by atoms with E-state index in [1.165, 1.54) is 48.1 Å². The number of anilines is 2. The topological polar surface area (TPSA) is 110 Å². The molecule has 0 spiro atoms. The summed E-state index contributed by atoms with van der Waals surface area (Å²) in [7, 11) is -1.71. The Hall–Kier alpha value is -4.37. The minimum atomic E-state index is -3.52. The Morgan fingerprint density at radius 3 is 2.66 bits per heavy atom. The third kappa shape index (κ3) is 7.96. The molecule has 0 atom stereocenters. The van der Waals surface area contributed by atoms with Crippen LogP contribution in [0.1, 0.15) is 10.6 Å². The van der Waals surface area contributed by atoms with Gasteiger partial charge in [-0.25, -0.2) is 37.1 Å². The summed E-state index contributed by atoms with van der Waals surface area (Å²) >= 11 is 4.90. The SMILES string of the molecule is CN(CCS(=O)(=O)c1ccccn1)Cc1nc(-c2cc3c(Nc4ccc(OCc5cccc(F)c5)c(Br)c4)ncnc3cc2F)cs1. The monoisotopic (exact) mass is 736 g/mol. The lowest BCUT2D eigenvalue weighted by atomic mass is 10.1. The summed E-state index contributed by atoms with van der Waals surface area (Å²) in [6.07, 6.45) is 2.82. The van der Waals surface area contributed by atoms with Gasteiger partial charge in [0, 0.05) is 40.8 Å². The van der Waals surface area contributed by atoms with Crippen LogP contribution >= 0.6 is 27.3 Å². The lowest BCUT2D eigenvalue weighted by Gasteiger charge is -2.14. The number of thiazole rings is 1. The van der Waals surface area contributed by atoms with Gasteiger partial charge in [0.25, 0.3) is 0 Å². The molecule has 0 bridgehead atoms. The van der Waals surface area contributed by atoms with E-state index in [1.54, 1.807) is 41.8 Å². The number of ether oxygens (including phenoxy) is 1. The fourth-order valence-corrected chi connectivity index (χ4v) is 7.36. The quantitative estimate of drug-likeness (QED) is 0.137. The Labute approximate surface area is 282 Å². The van der Waals surface area contributed by atoms with E-state index in [4.69, 9.17) is 4.74 Å². The average Bonchev–Trinajstić information content (AvgIpc) is 3.52. The van der Waals surface area contributed by atoms with Gasteiger partial charge in [0.2, 0.25) is 0 Å². The largest absolute Gasteiger partial charge is 0.488 e. The molecule has 3 heterocycles. The van der Waals surface area contributed by atoms with Crippen molar-refractivity contribution in [3.8, 4) is 17.0 Å². The molecule has 47 heavy (non-hydrogen) atoms. The van der Waals surface area contributed by atoms with Gasteiger partial charge in [-0.1, -0.05) is 18.2 Å². The Morgan fingerprint density at radius 2 is 1.87 bits per heavy atom. The van der Waals surface area contributed by atoms with Crippen LogP contribution in [0.2, 0.25) is 0 Å². The zero-order valence-electron chi connectivity index (χ0n) is 24.9. The molecule has 0 aliphatic heterocycles. The summed E-state index contributed by atoms with van der Waals surface area (Å²) in [4.78, 5) is 19.1. The first-order valence-electron chi connectivity index (χ1n) is 14.3. The number of pyridine rings is 1. The third-order valence-electron chi connectivity index (χ3n) is 7.13. The molecule has 0 saturated heterocycles. The van der Waals surface area contributed by atoms with E-state index in [9.17, 15) is 12.8 Å². The molecular formula is C33H27BrF2N6O3S2. The fourth-order valence-electron chi connectivity index (χ4n) is 4.72. The maximum atomic E-state index is 15.3. The van der Waals surface area contributed by atoms with Crippen molar-refractivity contribution in [3.63, 3.8) is 0 Å². The molecule has 0 amide bonds. The maximum absolute atomic E-state index is 15.3. The molecule has 0 aliphatic carbocycles. The first kappa shape index (κ1) is 32.6. The van der Waals surface area contributed by atoms with Gasteiger partial charge < -0.3 is 10.1 Å². The van der Waals surface area contributed by atoms with Gasteiger partial charge >= 0.3 is 0 Å². The third-order valence-corrected chi connectivity index (χ3v) is 10.2. The molecule has 14 heteroatoms. The average molecular weight is 738 g/mol. The van der Waals surface area contributed by atoms with E-state index < -0.39 is 15.7 Å². The predicted molar refractivity (Wildman–Crippen MR) is 181 cm³/mol. The van der Waals surface area contributed by atoms with Crippen LogP contribution < -0.4 is 10.1 Å². The van der Waals surface area contributed by atoms with E-state index >= 15 is 4.39 Å². The van der Waals surface area contributed by atoms with Crippen molar-refractivity contribution in [1.29, 1.82) is 0 Å². The molecular weight excluding hydrogens is 710 g/mol. The van der Waals surface area contributed by atoms with Crippen molar-refractivity contribution in [2.45, 2.75) is 18.2 Å². The van der Waals surface area contributed by atoms with E-state index in [1.807, 2.05) is 24.1 Å². The number of rotatable bonds is 12. The lowest BCUT2D eigenvalue weighted by Crippen LogP contribution is -2.25. The summed E-state index contributed by atoms with van der Waals surface area (Å²) in [5.74, 6) is 0.166. The highest BCUT2D eigenvalue weighted by molar-refractivity contribution is 9.10. The minimum absolute atomic E-state index is 0.0471. The Kier molecular flexibility index (Phi) is 9.82. The van der Waals surface area contributed by atoms with Crippen molar-refractivity contribution in [2.24, 2.45) is 0 Å². The Morgan fingerprint density at radius 1 is 1.00 bits per heavy atom. The van der Waals surface area contributed by atoms with Crippen LogP contribution in [0.4, 0.5) is 20.3 Å². The summed E-state index contributed by atoms with van der Waals surface area (Å²) in [5.41, 5.74) is 2.57. The number of nitrogens with zero attached hydrogens (tertiary/aromatic N) is 5. The van der Waals surface area contributed by atoms with E-state index in [0.717, 1.165) is 0 Å². The standard InChI is InChI=1S/C33H27BrF2N6O3S2/c1-42(11-12-47(43,44)32-7-2-3-10-37-32)17-31-41-29(19-46-31)24-15-25-28(16-27(24)36)38-20-39-33(25)40-23-8-9-30(26(34)14-23)45-18-21-5-4-6-22(35)13-21/h2-10,13-16,19-20H,11-12,17-18H2,1H3,(H,38,39,40). The molecule has 1 N–H and O–H groups in total. The lowest BCUT2D eigenvalue weighted by molar-refractivity contribution is 0.303. The Bertz CT molecular complexity index is 2150. The molecule has 6 aromatic rings. The molecule has 3 aromatic carbocycles. The molecule has 9 nitrogen and oxygen atoms in total. The number of hydrogen-bond donors (Lipinski definition) is 1. The van der Waals surface area contributed by atoms with Crippen LogP contribution in [0, 0.1) is 11.6 Å². The van der Waals surface area contributed by atoms with Crippen molar-refractivity contribution in [1.82, 2.24) is 24.8 Å². The van der Waals surface area contributed by atoms with Gasteiger partial charge in [-0.05, 0) is 77.1 Å². The van der Waals surface area contributed by atoms with Gasteiger partial charge in [0.05, 0.1) is 28.0 Å². The van der Waals surface area contributed by atoms with Crippen LogP contribution in [0.5, 0.6) is 5.75 Å². The molecule has 0 fully saturated rings. The first-order chi connectivity index (χ1) is 22.6. The van der Waals surface area contributed by atoms with Gasteiger partial charge in [-0.15, -0.1) is 11.3 Å². The first-order valence-corrected chi connectivity index (χ1v) is 17.6. The number of sulfone groups is 1. The number of hydrogen-bond acceptors (Lipinski definition) is 10. The summed E-state index contributed by atoms with van der Waals surface area (Å²) < 4.78 is 60.6. The summed E-state index contributed by atoms with van der Waals surface area (Å²) in [6, 6.07) is 19.5. The van der Waals surface area contributed by atoms with E-state index in [0.29, 0.717) is 61.0 Å². The number of nitrogens with one attached hydrogen (secondary N) is 1. The molecule has 6 rings (SSSR count). The molecule has 240 valence electrons. The summed E-state index contributed by atoms with van der Waals surface area (Å²) in [5, 5.41) is 6.40. The van der Waals surface area contributed by atoms with E-state index in [-0.39, 0.29) is 29.7 Å². The minimum Gasteiger partial charge on any atom is -0.488 e. The number of fused-ring (bicyclic) bond motifs is 1. The van der Waals surface area contributed by atoms with Crippen LogP contribution in [-0.4, -0.2) is 52.6 Å². The second-order valence-electron chi connectivity index (χ2n) is 10.6. The van der Waals surface area contributed by atoms with Crippen LogP contribution in [0.3, 0.4) is 0 Å². The molecule has 3 aromatic heterocycles.